The molecular weight excluding hydrogens is 190 g/mol. The molecule has 1 aromatic heterocycles. The van der Waals surface area contributed by atoms with E-state index in [9.17, 15) is 8.78 Å². The van der Waals surface area contributed by atoms with E-state index in [1.807, 2.05) is 0 Å². The van der Waals surface area contributed by atoms with Gasteiger partial charge in [0, 0.05) is 6.54 Å². The molecule has 0 unspecified atom stereocenters. The summed E-state index contributed by atoms with van der Waals surface area (Å²) in [4.78, 5) is 3.64. The van der Waals surface area contributed by atoms with Gasteiger partial charge in [-0.15, -0.1) is 0 Å². The third kappa shape index (κ3) is 2.05. The van der Waals surface area contributed by atoms with E-state index in [0.29, 0.717) is 11.1 Å². The lowest BCUT2D eigenvalue weighted by atomic mass is 10.1. The van der Waals surface area contributed by atoms with Gasteiger partial charge in [0.25, 0.3) is 6.43 Å². The highest BCUT2D eigenvalue weighted by atomic mass is 19.3. The van der Waals surface area contributed by atoms with Crippen molar-refractivity contribution < 1.29 is 13.9 Å². The SMILES string of the molecule is Cc1c(CN)cc(CO)nc1C(F)F. The topological polar surface area (TPSA) is 59.1 Å². The Labute approximate surface area is 80.6 Å². The van der Waals surface area contributed by atoms with Gasteiger partial charge in [-0.25, -0.2) is 13.8 Å². The molecule has 0 radical (unpaired) electrons. The molecule has 0 saturated carbocycles. The largest absolute Gasteiger partial charge is 0.390 e. The molecule has 0 aliphatic rings. The van der Waals surface area contributed by atoms with Crippen LogP contribution in [0.4, 0.5) is 8.78 Å². The molecule has 0 spiro atoms. The number of aliphatic hydroxyl groups is 1. The zero-order valence-electron chi connectivity index (χ0n) is 7.80. The van der Waals surface area contributed by atoms with Crippen molar-refractivity contribution in [1.29, 1.82) is 0 Å². The number of aromatic nitrogens is 1. The Bertz CT molecular complexity index is 329. The maximum Gasteiger partial charge on any atom is 0.280 e. The monoisotopic (exact) mass is 202 g/mol. The van der Waals surface area contributed by atoms with Crippen molar-refractivity contribution >= 4 is 0 Å². The third-order valence-corrected chi connectivity index (χ3v) is 2.06. The van der Waals surface area contributed by atoms with Crippen molar-refractivity contribution in [1.82, 2.24) is 4.98 Å². The number of nitrogens with zero attached hydrogens (tertiary/aromatic N) is 1. The van der Waals surface area contributed by atoms with Crippen molar-refractivity contribution in [2.75, 3.05) is 0 Å². The summed E-state index contributed by atoms with van der Waals surface area (Å²) in [5.74, 6) is 0. The molecule has 3 nitrogen and oxygen atoms in total. The molecule has 0 atom stereocenters. The van der Waals surface area contributed by atoms with Crippen molar-refractivity contribution in [3.8, 4) is 0 Å². The van der Waals surface area contributed by atoms with Crippen LogP contribution in [0.2, 0.25) is 0 Å². The molecule has 78 valence electrons. The molecule has 0 aliphatic carbocycles. The van der Waals surface area contributed by atoms with Gasteiger partial charge in [-0.2, -0.15) is 0 Å². The second kappa shape index (κ2) is 4.43. The molecule has 14 heavy (non-hydrogen) atoms. The highest BCUT2D eigenvalue weighted by Crippen LogP contribution is 2.23. The number of pyridine rings is 1. The fraction of sp³-hybridized carbons (Fsp3) is 0.444. The maximum atomic E-state index is 12.5. The van der Waals surface area contributed by atoms with Gasteiger partial charge < -0.3 is 10.8 Å². The first-order chi connectivity index (χ1) is 6.60. The third-order valence-electron chi connectivity index (χ3n) is 2.06. The van der Waals surface area contributed by atoms with E-state index < -0.39 is 6.43 Å². The molecule has 0 fully saturated rings. The molecule has 5 heteroatoms. The van der Waals surface area contributed by atoms with E-state index in [1.54, 1.807) is 13.0 Å². The van der Waals surface area contributed by atoms with Crippen LogP contribution in [-0.4, -0.2) is 10.1 Å². The van der Waals surface area contributed by atoms with Crippen LogP contribution in [0, 0.1) is 6.92 Å². The van der Waals surface area contributed by atoms with Gasteiger partial charge in [0.2, 0.25) is 0 Å². The number of aliphatic hydroxyl groups excluding tert-OH is 1. The zero-order chi connectivity index (χ0) is 10.7. The smallest absolute Gasteiger partial charge is 0.280 e. The van der Waals surface area contributed by atoms with Crippen LogP contribution in [-0.2, 0) is 13.2 Å². The van der Waals surface area contributed by atoms with Gasteiger partial charge in [0.15, 0.2) is 0 Å². The molecule has 0 saturated heterocycles. The van der Waals surface area contributed by atoms with Crippen molar-refractivity contribution in [3.05, 3.63) is 28.6 Å². The lowest BCUT2D eigenvalue weighted by molar-refractivity contribution is 0.144. The highest BCUT2D eigenvalue weighted by molar-refractivity contribution is 5.32. The number of hydrogen-bond donors (Lipinski definition) is 2. The van der Waals surface area contributed by atoms with E-state index in [4.69, 9.17) is 10.8 Å². The van der Waals surface area contributed by atoms with E-state index in [-0.39, 0.29) is 24.5 Å². The Kier molecular flexibility index (Phi) is 3.49. The van der Waals surface area contributed by atoms with Crippen LogP contribution in [0.15, 0.2) is 6.07 Å². The van der Waals surface area contributed by atoms with Crippen LogP contribution in [0.5, 0.6) is 0 Å². The Balaban J connectivity index is 3.27. The summed E-state index contributed by atoms with van der Waals surface area (Å²) in [5.41, 5.74) is 6.32. The quantitative estimate of drug-likeness (QED) is 0.776. The van der Waals surface area contributed by atoms with E-state index >= 15 is 0 Å². The standard InChI is InChI=1S/C9H12F2N2O/c1-5-6(3-12)2-7(4-14)13-8(5)9(10)11/h2,9,14H,3-4,12H2,1H3. The van der Waals surface area contributed by atoms with Gasteiger partial charge in [0.05, 0.1) is 12.3 Å². The fourth-order valence-corrected chi connectivity index (χ4v) is 1.25. The van der Waals surface area contributed by atoms with E-state index in [0.717, 1.165) is 0 Å². The first-order valence-electron chi connectivity index (χ1n) is 4.18. The average molecular weight is 202 g/mol. The minimum absolute atomic E-state index is 0.168. The molecular formula is C9H12F2N2O. The number of hydrogen-bond acceptors (Lipinski definition) is 3. The van der Waals surface area contributed by atoms with Crippen LogP contribution in [0.1, 0.15) is 28.9 Å². The molecule has 0 bridgehead atoms. The molecule has 1 heterocycles. The Hall–Kier alpha value is -1.07. The van der Waals surface area contributed by atoms with E-state index in [1.165, 1.54) is 0 Å². The summed E-state index contributed by atoms with van der Waals surface area (Å²) in [6.45, 7) is 1.37. The molecule has 3 N–H and O–H groups in total. The van der Waals surface area contributed by atoms with E-state index in [2.05, 4.69) is 4.98 Å². The van der Waals surface area contributed by atoms with Crippen molar-refractivity contribution in [3.63, 3.8) is 0 Å². The Morgan fingerprint density at radius 2 is 2.21 bits per heavy atom. The second-order valence-corrected chi connectivity index (χ2v) is 2.95. The Morgan fingerprint density at radius 3 is 2.64 bits per heavy atom. The van der Waals surface area contributed by atoms with Gasteiger partial charge >= 0.3 is 0 Å². The normalized spacial score (nSPS) is 11.0. The van der Waals surface area contributed by atoms with Gasteiger partial charge in [-0.1, -0.05) is 0 Å². The summed E-state index contributed by atoms with van der Waals surface area (Å²) in [6, 6.07) is 1.54. The van der Waals surface area contributed by atoms with Crippen LogP contribution in [0.3, 0.4) is 0 Å². The number of rotatable bonds is 3. The predicted molar refractivity (Wildman–Crippen MR) is 47.7 cm³/mol. The first-order valence-corrected chi connectivity index (χ1v) is 4.18. The second-order valence-electron chi connectivity index (χ2n) is 2.95. The maximum absolute atomic E-state index is 12.5. The summed E-state index contributed by atoms with van der Waals surface area (Å²) in [7, 11) is 0. The summed E-state index contributed by atoms with van der Waals surface area (Å²) < 4.78 is 25.0. The molecule has 0 amide bonds. The lowest BCUT2D eigenvalue weighted by Gasteiger charge is -2.10. The van der Waals surface area contributed by atoms with Gasteiger partial charge in [-0.3, -0.25) is 0 Å². The predicted octanol–water partition coefficient (Wildman–Crippen LogP) is 1.28. The minimum atomic E-state index is -2.63. The lowest BCUT2D eigenvalue weighted by Crippen LogP contribution is -2.07. The number of nitrogens with two attached hydrogens (primary N) is 1. The van der Waals surface area contributed by atoms with Crippen molar-refractivity contribution in [2.45, 2.75) is 26.5 Å². The molecule has 0 aromatic carbocycles. The van der Waals surface area contributed by atoms with Crippen molar-refractivity contribution in [2.24, 2.45) is 5.73 Å². The van der Waals surface area contributed by atoms with Crippen LogP contribution in [0.25, 0.3) is 0 Å². The van der Waals surface area contributed by atoms with Gasteiger partial charge in [-0.05, 0) is 24.1 Å². The Morgan fingerprint density at radius 1 is 1.57 bits per heavy atom. The van der Waals surface area contributed by atoms with Crippen LogP contribution >= 0.6 is 0 Å². The molecule has 0 aliphatic heterocycles. The minimum Gasteiger partial charge on any atom is -0.390 e. The first kappa shape index (κ1) is 11.0. The molecule has 1 rings (SSSR count). The summed E-state index contributed by atoms with van der Waals surface area (Å²) in [6.07, 6.45) is -2.63. The molecule has 1 aromatic rings. The summed E-state index contributed by atoms with van der Waals surface area (Å²) >= 11 is 0. The average Bonchev–Trinajstić information content (AvgIpc) is 2.17. The highest BCUT2D eigenvalue weighted by Gasteiger charge is 2.15. The zero-order valence-corrected chi connectivity index (χ0v) is 7.80. The van der Waals surface area contributed by atoms with Crippen LogP contribution < -0.4 is 5.73 Å². The number of alkyl halides is 2. The van der Waals surface area contributed by atoms with Gasteiger partial charge in [0.1, 0.15) is 5.69 Å². The summed E-state index contributed by atoms with van der Waals surface area (Å²) in [5, 5.41) is 8.81. The number of halogens is 2. The fourth-order valence-electron chi connectivity index (χ4n) is 1.25.